The van der Waals surface area contributed by atoms with Gasteiger partial charge in [0.05, 0.1) is 0 Å². The van der Waals surface area contributed by atoms with Crippen LogP contribution in [0.5, 0.6) is 0 Å². The molecule has 11 heavy (non-hydrogen) atoms. The lowest BCUT2D eigenvalue weighted by Crippen LogP contribution is -2.27. The molecule has 2 heteroatoms. The van der Waals surface area contributed by atoms with Gasteiger partial charge in [-0.2, -0.15) is 0 Å². The van der Waals surface area contributed by atoms with Crippen LogP contribution in [0.4, 0.5) is 0 Å². The summed E-state index contributed by atoms with van der Waals surface area (Å²) in [6.45, 7) is 1.68. The van der Waals surface area contributed by atoms with Crippen molar-refractivity contribution in [2.75, 3.05) is 0 Å². The Bertz CT molecular complexity index is 136. The van der Waals surface area contributed by atoms with Crippen molar-refractivity contribution in [2.45, 2.75) is 45.1 Å². The van der Waals surface area contributed by atoms with E-state index in [1.54, 1.807) is 6.92 Å². The van der Waals surface area contributed by atoms with Gasteiger partial charge in [0.25, 0.3) is 0 Å². The van der Waals surface area contributed by atoms with Gasteiger partial charge in [0.2, 0.25) is 0 Å². The van der Waals surface area contributed by atoms with Crippen LogP contribution in [0.1, 0.15) is 39.0 Å². The number of rotatable bonds is 2. The fourth-order valence-electron chi connectivity index (χ4n) is 1.80. The van der Waals surface area contributed by atoms with Gasteiger partial charge in [-0.1, -0.05) is 0 Å². The summed E-state index contributed by atoms with van der Waals surface area (Å²) in [7, 11) is 0. The van der Waals surface area contributed by atoms with Gasteiger partial charge in [-0.15, -0.1) is 0 Å². The lowest BCUT2D eigenvalue weighted by molar-refractivity contribution is -0.118. The predicted octanol–water partition coefficient (Wildman–Crippen LogP) is 1.48. The molecule has 0 radical (unpaired) electrons. The number of carbonyl (C=O) groups excluding carboxylic acids is 1. The van der Waals surface area contributed by atoms with E-state index in [-0.39, 0.29) is 0 Å². The fourth-order valence-corrected chi connectivity index (χ4v) is 1.80. The number of carbonyl (C=O) groups is 1. The van der Waals surface area contributed by atoms with Crippen LogP contribution < -0.4 is 5.73 Å². The molecule has 64 valence electrons. The molecule has 0 heterocycles. The summed E-state index contributed by atoms with van der Waals surface area (Å²) in [4.78, 5) is 10.8. The van der Waals surface area contributed by atoms with Crippen LogP contribution >= 0.6 is 0 Å². The van der Waals surface area contributed by atoms with Crippen LogP contribution in [0.3, 0.4) is 0 Å². The average Bonchev–Trinajstić information content (AvgIpc) is 1.93. The Labute approximate surface area is 68.2 Å². The number of hydrogen-bond acceptors (Lipinski definition) is 2. The summed E-state index contributed by atoms with van der Waals surface area (Å²) in [5.74, 6) is 0.956. The lowest BCUT2D eigenvalue weighted by atomic mass is 9.84. The third-order valence-electron chi connectivity index (χ3n) is 2.47. The molecule has 1 aliphatic carbocycles. The average molecular weight is 155 g/mol. The van der Waals surface area contributed by atoms with Crippen molar-refractivity contribution in [1.29, 1.82) is 0 Å². The molecule has 0 saturated heterocycles. The Hall–Kier alpha value is -0.370. The zero-order valence-electron chi connectivity index (χ0n) is 7.18. The number of Topliss-reactive ketones (excluding diaryl/α,β-unsaturated/α-hetero) is 1. The number of hydrogen-bond donors (Lipinski definition) is 1. The summed E-state index contributed by atoms with van der Waals surface area (Å²) < 4.78 is 0. The maximum Gasteiger partial charge on any atom is 0.130 e. The molecule has 0 unspecified atom stereocenters. The molecular formula is C9H17NO. The molecule has 0 amide bonds. The highest BCUT2D eigenvalue weighted by Crippen LogP contribution is 2.25. The smallest absolute Gasteiger partial charge is 0.130 e. The van der Waals surface area contributed by atoms with Gasteiger partial charge in [-0.05, 0) is 38.5 Å². The van der Waals surface area contributed by atoms with E-state index in [0.29, 0.717) is 17.7 Å². The Morgan fingerprint density at radius 3 is 2.36 bits per heavy atom. The Morgan fingerprint density at radius 1 is 1.36 bits per heavy atom. The van der Waals surface area contributed by atoms with E-state index in [1.165, 1.54) is 0 Å². The first-order valence-corrected chi connectivity index (χ1v) is 4.43. The first-order valence-electron chi connectivity index (χ1n) is 4.43. The van der Waals surface area contributed by atoms with Crippen LogP contribution in [-0.2, 0) is 4.79 Å². The first-order chi connectivity index (χ1) is 5.18. The van der Waals surface area contributed by atoms with Crippen LogP contribution in [0.15, 0.2) is 0 Å². The highest BCUT2D eigenvalue weighted by atomic mass is 16.1. The van der Waals surface area contributed by atoms with Crippen LogP contribution in [0, 0.1) is 5.92 Å². The molecule has 1 fully saturated rings. The first kappa shape index (κ1) is 8.72. The van der Waals surface area contributed by atoms with Crippen LogP contribution in [0.2, 0.25) is 0 Å². The summed E-state index contributed by atoms with van der Waals surface area (Å²) in [6, 6.07) is 0.401. The van der Waals surface area contributed by atoms with Crippen LogP contribution in [-0.4, -0.2) is 11.8 Å². The van der Waals surface area contributed by atoms with E-state index >= 15 is 0 Å². The molecule has 0 spiro atoms. The minimum Gasteiger partial charge on any atom is -0.328 e. The molecular weight excluding hydrogens is 138 g/mol. The Kier molecular flexibility index (Phi) is 3.06. The van der Waals surface area contributed by atoms with Gasteiger partial charge < -0.3 is 10.5 Å². The van der Waals surface area contributed by atoms with Crippen molar-refractivity contribution in [3.63, 3.8) is 0 Å². The second-order valence-corrected chi connectivity index (χ2v) is 3.69. The maximum atomic E-state index is 10.8. The van der Waals surface area contributed by atoms with Crippen molar-refractivity contribution in [3.8, 4) is 0 Å². The monoisotopic (exact) mass is 155 g/mol. The van der Waals surface area contributed by atoms with Gasteiger partial charge in [0.15, 0.2) is 0 Å². The van der Waals surface area contributed by atoms with Gasteiger partial charge >= 0.3 is 0 Å². The second kappa shape index (κ2) is 3.86. The summed E-state index contributed by atoms with van der Waals surface area (Å²) in [5.41, 5.74) is 5.74. The molecule has 1 aliphatic rings. The van der Waals surface area contributed by atoms with E-state index in [2.05, 4.69) is 0 Å². The third kappa shape index (κ3) is 3.02. The van der Waals surface area contributed by atoms with Crippen LogP contribution in [0.25, 0.3) is 0 Å². The minimum absolute atomic E-state index is 0.325. The molecule has 0 aliphatic heterocycles. The van der Waals surface area contributed by atoms with Crippen molar-refractivity contribution in [3.05, 3.63) is 0 Å². The van der Waals surface area contributed by atoms with Crippen molar-refractivity contribution < 1.29 is 4.79 Å². The van der Waals surface area contributed by atoms with E-state index in [0.717, 1.165) is 32.1 Å². The molecule has 2 nitrogen and oxygen atoms in total. The SMILES string of the molecule is CC(=O)CC1CCC(N)CC1. The van der Waals surface area contributed by atoms with Gasteiger partial charge in [-0.3, -0.25) is 0 Å². The molecule has 1 saturated carbocycles. The largest absolute Gasteiger partial charge is 0.328 e. The second-order valence-electron chi connectivity index (χ2n) is 3.69. The Morgan fingerprint density at radius 2 is 1.91 bits per heavy atom. The van der Waals surface area contributed by atoms with Crippen molar-refractivity contribution in [1.82, 2.24) is 0 Å². The topological polar surface area (TPSA) is 43.1 Å². The molecule has 2 N–H and O–H groups in total. The van der Waals surface area contributed by atoms with E-state index in [9.17, 15) is 4.79 Å². The normalized spacial score (nSPS) is 31.8. The molecule has 0 atom stereocenters. The van der Waals surface area contributed by atoms with E-state index in [4.69, 9.17) is 5.73 Å². The fraction of sp³-hybridized carbons (Fsp3) is 0.889. The minimum atomic E-state index is 0.325. The summed E-state index contributed by atoms with van der Waals surface area (Å²) in [6.07, 6.45) is 5.30. The maximum absolute atomic E-state index is 10.8. The highest BCUT2D eigenvalue weighted by Gasteiger charge is 2.19. The standard InChI is InChI=1S/C9H17NO/c1-7(11)6-8-2-4-9(10)5-3-8/h8-9H,2-6,10H2,1H3. The molecule has 0 aromatic heterocycles. The molecule has 1 rings (SSSR count). The summed E-state index contributed by atoms with van der Waals surface area (Å²) in [5, 5.41) is 0. The highest BCUT2D eigenvalue weighted by molar-refractivity contribution is 5.75. The number of ketones is 1. The zero-order chi connectivity index (χ0) is 8.27. The predicted molar refractivity (Wildman–Crippen MR) is 45.2 cm³/mol. The van der Waals surface area contributed by atoms with Crippen molar-refractivity contribution in [2.24, 2.45) is 11.7 Å². The molecule has 0 aromatic carbocycles. The molecule has 0 bridgehead atoms. The zero-order valence-corrected chi connectivity index (χ0v) is 7.18. The van der Waals surface area contributed by atoms with Gasteiger partial charge in [-0.25, -0.2) is 0 Å². The van der Waals surface area contributed by atoms with Gasteiger partial charge in [0, 0.05) is 12.5 Å². The van der Waals surface area contributed by atoms with E-state index in [1.807, 2.05) is 0 Å². The third-order valence-corrected chi connectivity index (χ3v) is 2.47. The van der Waals surface area contributed by atoms with E-state index < -0.39 is 0 Å². The quantitative estimate of drug-likeness (QED) is 0.656. The lowest BCUT2D eigenvalue weighted by Gasteiger charge is -2.24. The summed E-state index contributed by atoms with van der Waals surface area (Å²) >= 11 is 0. The Balaban J connectivity index is 2.22. The number of nitrogens with two attached hydrogens (primary N) is 1. The molecule has 0 aromatic rings. The van der Waals surface area contributed by atoms with Gasteiger partial charge in [0.1, 0.15) is 5.78 Å². The van der Waals surface area contributed by atoms with Crippen molar-refractivity contribution >= 4 is 5.78 Å².